The van der Waals surface area contributed by atoms with E-state index in [2.05, 4.69) is 5.32 Å². The Balaban J connectivity index is 2.21. The van der Waals surface area contributed by atoms with Crippen LogP contribution in [0.4, 0.5) is 5.69 Å². The fourth-order valence-corrected chi connectivity index (χ4v) is 5.13. The molecule has 2 atom stereocenters. The largest absolute Gasteiger partial charge is 0.352 e. The first-order chi connectivity index (χ1) is 16.8. The minimum atomic E-state index is -3.60. The Hall–Kier alpha value is -2.29. The molecule has 10 heteroatoms. The third-order valence-corrected chi connectivity index (χ3v) is 7.89. The van der Waals surface area contributed by atoms with Gasteiger partial charge in [0.1, 0.15) is 6.04 Å². The Morgan fingerprint density at radius 3 is 2.36 bits per heavy atom. The van der Waals surface area contributed by atoms with Crippen molar-refractivity contribution < 1.29 is 18.0 Å². The molecule has 0 spiro atoms. The molecule has 0 aliphatic carbocycles. The van der Waals surface area contributed by atoms with E-state index in [9.17, 15) is 18.0 Å². The van der Waals surface area contributed by atoms with Gasteiger partial charge in [-0.15, -0.1) is 0 Å². The van der Waals surface area contributed by atoms with Gasteiger partial charge in [0.25, 0.3) is 0 Å². The van der Waals surface area contributed by atoms with E-state index in [1.165, 1.54) is 9.21 Å². The summed E-state index contributed by atoms with van der Waals surface area (Å²) < 4.78 is 26.3. The Bertz CT molecular complexity index is 1170. The molecule has 0 heterocycles. The number of amides is 2. The summed E-state index contributed by atoms with van der Waals surface area (Å²) in [4.78, 5) is 27.7. The number of halogens is 2. The van der Waals surface area contributed by atoms with Gasteiger partial charge in [-0.1, -0.05) is 48.3 Å². The molecule has 0 radical (unpaired) electrons. The fourth-order valence-electron chi connectivity index (χ4n) is 3.73. The van der Waals surface area contributed by atoms with Crippen LogP contribution in [-0.4, -0.2) is 50.0 Å². The maximum absolute atomic E-state index is 13.3. The molecular formula is C26H35Cl2N3O4S. The fraction of sp³-hybridized carbons (Fsp3) is 0.462. The Kier molecular flexibility index (Phi) is 11.1. The van der Waals surface area contributed by atoms with Gasteiger partial charge < -0.3 is 10.2 Å². The molecule has 0 saturated heterocycles. The third-order valence-electron chi connectivity index (χ3n) is 6.07. The van der Waals surface area contributed by atoms with Gasteiger partial charge in [-0.25, -0.2) is 8.42 Å². The summed E-state index contributed by atoms with van der Waals surface area (Å²) in [5.74, 6) is -0.495. The van der Waals surface area contributed by atoms with E-state index in [4.69, 9.17) is 23.2 Å². The number of nitrogens with zero attached hydrogens (tertiary/aromatic N) is 2. The van der Waals surface area contributed by atoms with Gasteiger partial charge in [0, 0.05) is 35.6 Å². The van der Waals surface area contributed by atoms with Gasteiger partial charge >= 0.3 is 0 Å². The molecule has 7 nitrogen and oxygen atoms in total. The molecule has 198 valence electrons. The average Bonchev–Trinajstić information content (AvgIpc) is 2.81. The molecule has 36 heavy (non-hydrogen) atoms. The first-order valence-electron chi connectivity index (χ1n) is 11.9. The van der Waals surface area contributed by atoms with E-state index >= 15 is 0 Å². The van der Waals surface area contributed by atoms with Gasteiger partial charge in [0.2, 0.25) is 21.8 Å². The number of carbonyl (C=O) groups excluding carboxylic acids is 2. The summed E-state index contributed by atoms with van der Waals surface area (Å²) in [6.07, 6.45) is 2.23. The van der Waals surface area contributed by atoms with E-state index in [0.717, 1.165) is 18.2 Å². The molecule has 0 saturated carbocycles. The molecule has 0 aliphatic heterocycles. The van der Waals surface area contributed by atoms with Gasteiger partial charge in [-0.2, -0.15) is 0 Å². The van der Waals surface area contributed by atoms with Crippen LogP contribution in [0.3, 0.4) is 0 Å². The van der Waals surface area contributed by atoms with Crippen molar-refractivity contribution in [1.29, 1.82) is 0 Å². The third kappa shape index (κ3) is 8.39. The second-order valence-corrected chi connectivity index (χ2v) is 11.7. The molecule has 1 N–H and O–H groups in total. The predicted octanol–water partition coefficient (Wildman–Crippen LogP) is 5.18. The van der Waals surface area contributed by atoms with Crippen molar-refractivity contribution in [3.63, 3.8) is 0 Å². The van der Waals surface area contributed by atoms with Gasteiger partial charge in [0.15, 0.2) is 0 Å². The molecule has 0 aromatic heterocycles. The second kappa shape index (κ2) is 13.3. The van der Waals surface area contributed by atoms with Crippen LogP contribution >= 0.6 is 23.2 Å². The van der Waals surface area contributed by atoms with E-state index in [-0.39, 0.29) is 43.8 Å². The van der Waals surface area contributed by atoms with Crippen molar-refractivity contribution in [2.75, 3.05) is 17.1 Å². The summed E-state index contributed by atoms with van der Waals surface area (Å²) in [5, 5.41) is 3.93. The molecule has 2 rings (SSSR count). The van der Waals surface area contributed by atoms with Crippen molar-refractivity contribution >= 4 is 50.7 Å². The van der Waals surface area contributed by atoms with Gasteiger partial charge in [-0.05, 0) is 69.0 Å². The van der Waals surface area contributed by atoms with Crippen molar-refractivity contribution in [3.8, 4) is 0 Å². The van der Waals surface area contributed by atoms with E-state index < -0.39 is 16.1 Å². The maximum atomic E-state index is 13.3. The van der Waals surface area contributed by atoms with Crippen molar-refractivity contribution in [2.45, 2.75) is 65.6 Å². The lowest BCUT2D eigenvalue weighted by atomic mass is 10.1. The summed E-state index contributed by atoms with van der Waals surface area (Å²) in [6, 6.07) is 11.5. The highest BCUT2D eigenvalue weighted by Gasteiger charge is 2.27. The summed E-state index contributed by atoms with van der Waals surface area (Å²) in [7, 11) is -3.60. The number of nitrogens with one attached hydrogen (secondary N) is 1. The van der Waals surface area contributed by atoms with Gasteiger partial charge in [0.05, 0.1) is 11.9 Å². The van der Waals surface area contributed by atoms with Crippen LogP contribution < -0.4 is 9.62 Å². The number of sulfonamides is 1. The van der Waals surface area contributed by atoms with E-state index in [1.807, 2.05) is 19.9 Å². The SMILES string of the molecule is CC[C@H](C)NC(=O)[C@H](C)N(Cc1cccc(Cl)c1)C(=O)CCCN(c1cccc(Cl)c1C)S(C)(=O)=O. The molecule has 0 unspecified atom stereocenters. The number of benzene rings is 2. The summed E-state index contributed by atoms with van der Waals surface area (Å²) >= 11 is 12.3. The number of carbonyl (C=O) groups is 2. The number of hydrogen-bond donors (Lipinski definition) is 1. The zero-order valence-electron chi connectivity index (χ0n) is 21.4. The molecule has 2 amide bonds. The maximum Gasteiger partial charge on any atom is 0.242 e. The topological polar surface area (TPSA) is 86.8 Å². The average molecular weight is 557 g/mol. The molecule has 0 bridgehead atoms. The van der Waals surface area contributed by atoms with E-state index in [1.54, 1.807) is 50.2 Å². The zero-order valence-corrected chi connectivity index (χ0v) is 23.8. The molecule has 2 aromatic carbocycles. The first-order valence-corrected chi connectivity index (χ1v) is 14.5. The standard InChI is InChI=1S/C26H35Cl2N3O4S/c1-6-18(2)29-26(33)20(4)30(17-21-10-7-11-22(27)16-21)25(32)14-9-15-31(36(5,34)35)24-13-8-12-23(28)19(24)3/h7-8,10-13,16,18,20H,6,9,14-15,17H2,1-5H3,(H,29,33)/t18-,20-/m0/s1. The summed E-state index contributed by atoms with van der Waals surface area (Å²) in [6.45, 7) is 7.64. The van der Waals surface area contributed by atoms with Crippen molar-refractivity contribution in [3.05, 3.63) is 63.6 Å². The highest BCUT2D eigenvalue weighted by atomic mass is 35.5. The number of hydrogen-bond acceptors (Lipinski definition) is 4. The monoisotopic (exact) mass is 555 g/mol. The van der Waals surface area contributed by atoms with Crippen LogP contribution in [-0.2, 0) is 26.2 Å². The Morgan fingerprint density at radius 2 is 1.75 bits per heavy atom. The highest BCUT2D eigenvalue weighted by molar-refractivity contribution is 7.92. The normalized spacial score (nSPS) is 13.1. The zero-order chi connectivity index (χ0) is 27.0. The minimum absolute atomic E-state index is 0.0210. The molecular weight excluding hydrogens is 521 g/mol. The smallest absolute Gasteiger partial charge is 0.242 e. The minimum Gasteiger partial charge on any atom is -0.352 e. The molecule has 2 aromatic rings. The van der Waals surface area contributed by atoms with Crippen molar-refractivity contribution in [2.24, 2.45) is 0 Å². The quantitative estimate of drug-likeness (QED) is 0.391. The van der Waals surface area contributed by atoms with E-state index in [0.29, 0.717) is 21.3 Å². The van der Waals surface area contributed by atoms with Crippen LogP contribution in [0.15, 0.2) is 42.5 Å². The lowest BCUT2D eigenvalue weighted by Gasteiger charge is -2.30. The Labute approximate surface area is 224 Å². The first kappa shape index (κ1) is 29.9. The van der Waals surface area contributed by atoms with Gasteiger partial charge in [-0.3, -0.25) is 13.9 Å². The molecule has 0 fully saturated rings. The van der Waals surface area contributed by atoms with Crippen LogP contribution in [0.1, 0.15) is 51.2 Å². The lowest BCUT2D eigenvalue weighted by Crippen LogP contribution is -2.49. The van der Waals surface area contributed by atoms with Crippen molar-refractivity contribution in [1.82, 2.24) is 10.2 Å². The van der Waals surface area contributed by atoms with Crippen LogP contribution in [0.25, 0.3) is 0 Å². The number of rotatable bonds is 12. The number of anilines is 1. The predicted molar refractivity (Wildman–Crippen MR) is 147 cm³/mol. The highest BCUT2D eigenvalue weighted by Crippen LogP contribution is 2.28. The summed E-state index contributed by atoms with van der Waals surface area (Å²) in [5.41, 5.74) is 1.93. The van der Waals surface area contributed by atoms with Crippen LogP contribution in [0.2, 0.25) is 10.0 Å². The van der Waals surface area contributed by atoms with Crippen LogP contribution in [0, 0.1) is 6.92 Å². The molecule has 0 aliphatic rings. The van der Waals surface area contributed by atoms with Crippen LogP contribution in [0.5, 0.6) is 0 Å². The Morgan fingerprint density at radius 1 is 1.08 bits per heavy atom. The second-order valence-electron chi connectivity index (χ2n) is 8.97. The lowest BCUT2D eigenvalue weighted by molar-refractivity contribution is -0.140.